The van der Waals surface area contributed by atoms with Crippen LogP contribution in [-0.2, 0) is 11.2 Å². The van der Waals surface area contributed by atoms with Crippen LogP contribution >= 0.6 is 0 Å². The Balaban J connectivity index is 2.40. The highest BCUT2D eigenvalue weighted by Crippen LogP contribution is 2.50. The summed E-state index contributed by atoms with van der Waals surface area (Å²) in [7, 11) is 4.62. The van der Waals surface area contributed by atoms with E-state index in [1.54, 1.807) is 20.1 Å². The molecule has 3 rings (SSSR count). The number of amides is 2. The summed E-state index contributed by atoms with van der Waals surface area (Å²) in [5, 5.41) is 5.61. The van der Waals surface area contributed by atoms with E-state index in [4.69, 9.17) is 14.2 Å². The number of aryl methyl sites for hydroxylation is 1. The van der Waals surface area contributed by atoms with E-state index < -0.39 is 17.4 Å². The first-order valence-corrected chi connectivity index (χ1v) is 10.4. The molecule has 1 aliphatic carbocycles. The van der Waals surface area contributed by atoms with Gasteiger partial charge in [0.25, 0.3) is 5.91 Å². The highest BCUT2D eigenvalue weighted by molar-refractivity contribution is 5.94. The van der Waals surface area contributed by atoms with Gasteiger partial charge >= 0.3 is 0 Å². The van der Waals surface area contributed by atoms with Crippen molar-refractivity contribution in [2.45, 2.75) is 32.7 Å². The second-order valence-corrected chi connectivity index (χ2v) is 7.46. The van der Waals surface area contributed by atoms with Crippen molar-refractivity contribution in [2.75, 3.05) is 27.9 Å². The topological polar surface area (TPSA) is 103 Å². The molecule has 170 valence electrons. The Kier molecular flexibility index (Phi) is 7.02. The Morgan fingerprint density at radius 1 is 1.06 bits per heavy atom. The standard InChI is InChI=1S/C24H28N2O6/c1-6-25-24(29)16-9-8-15-17(12-19(16)28)18(26-13(2)27)10-7-14-11-20(30-3)22(31-4)23(32-5)21(14)15/h8-9,11-12,18H,6-7,10H2,1-5H3,(H,25,29)(H,26,27)/t18-/m0/s1. The van der Waals surface area contributed by atoms with Crippen LogP contribution in [-0.4, -0.2) is 39.7 Å². The van der Waals surface area contributed by atoms with E-state index in [2.05, 4.69) is 10.6 Å². The first kappa shape index (κ1) is 23.1. The number of methoxy groups -OCH3 is 3. The maximum atomic E-state index is 13.0. The fraction of sp³-hybridized carbons (Fsp3) is 0.375. The van der Waals surface area contributed by atoms with Gasteiger partial charge in [-0.25, -0.2) is 0 Å². The maximum Gasteiger partial charge on any atom is 0.255 e. The quantitative estimate of drug-likeness (QED) is 0.716. The minimum absolute atomic E-state index is 0.0301. The summed E-state index contributed by atoms with van der Waals surface area (Å²) in [6.07, 6.45) is 1.16. The first-order valence-electron chi connectivity index (χ1n) is 10.4. The molecule has 0 saturated heterocycles. The molecule has 0 saturated carbocycles. The third-order valence-electron chi connectivity index (χ3n) is 5.50. The SMILES string of the molecule is CCNC(=O)c1ccc2c(cc1=O)[C@@H](NC(C)=O)CCc1cc(OC)c(OC)c(OC)c1-2. The van der Waals surface area contributed by atoms with E-state index in [1.165, 1.54) is 33.3 Å². The second-order valence-electron chi connectivity index (χ2n) is 7.46. The van der Waals surface area contributed by atoms with Crippen LogP contribution in [0.1, 0.15) is 47.8 Å². The van der Waals surface area contributed by atoms with Gasteiger partial charge in [-0.05, 0) is 54.7 Å². The van der Waals surface area contributed by atoms with Gasteiger partial charge in [-0.15, -0.1) is 0 Å². The Bertz CT molecular complexity index is 1110. The molecule has 2 N–H and O–H groups in total. The first-order chi connectivity index (χ1) is 15.4. The van der Waals surface area contributed by atoms with Gasteiger partial charge in [-0.2, -0.15) is 0 Å². The molecule has 2 aromatic carbocycles. The minimum Gasteiger partial charge on any atom is -0.493 e. The van der Waals surface area contributed by atoms with Gasteiger partial charge < -0.3 is 24.8 Å². The van der Waals surface area contributed by atoms with Gasteiger partial charge in [0.15, 0.2) is 16.9 Å². The fourth-order valence-corrected chi connectivity index (χ4v) is 4.15. The molecule has 8 nitrogen and oxygen atoms in total. The summed E-state index contributed by atoms with van der Waals surface area (Å²) < 4.78 is 16.8. The number of carbonyl (C=O) groups excluding carboxylic acids is 2. The molecule has 32 heavy (non-hydrogen) atoms. The summed E-state index contributed by atoms with van der Waals surface area (Å²) >= 11 is 0. The van der Waals surface area contributed by atoms with E-state index in [9.17, 15) is 14.4 Å². The van der Waals surface area contributed by atoms with Crippen molar-refractivity contribution >= 4 is 11.8 Å². The van der Waals surface area contributed by atoms with Crippen molar-refractivity contribution in [1.82, 2.24) is 10.6 Å². The number of hydrogen-bond acceptors (Lipinski definition) is 6. The van der Waals surface area contributed by atoms with Gasteiger partial charge in [0.2, 0.25) is 11.7 Å². The molecular weight excluding hydrogens is 412 g/mol. The number of rotatable bonds is 6. The van der Waals surface area contributed by atoms with Crippen molar-refractivity contribution in [1.29, 1.82) is 0 Å². The monoisotopic (exact) mass is 440 g/mol. The molecule has 2 amide bonds. The van der Waals surface area contributed by atoms with Crippen LogP contribution in [0.4, 0.5) is 0 Å². The lowest BCUT2D eigenvalue weighted by molar-refractivity contribution is -0.119. The Morgan fingerprint density at radius 3 is 2.38 bits per heavy atom. The van der Waals surface area contributed by atoms with Crippen molar-refractivity contribution in [3.63, 3.8) is 0 Å². The summed E-state index contributed by atoms with van der Waals surface area (Å²) in [6.45, 7) is 3.62. The number of fused-ring (bicyclic) bond motifs is 3. The smallest absolute Gasteiger partial charge is 0.255 e. The molecule has 0 radical (unpaired) electrons. The van der Waals surface area contributed by atoms with Crippen LogP contribution in [0, 0.1) is 0 Å². The van der Waals surface area contributed by atoms with Crippen LogP contribution in [0.3, 0.4) is 0 Å². The van der Waals surface area contributed by atoms with Crippen molar-refractivity contribution in [2.24, 2.45) is 0 Å². The third-order valence-corrected chi connectivity index (χ3v) is 5.50. The predicted molar refractivity (Wildman–Crippen MR) is 121 cm³/mol. The van der Waals surface area contributed by atoms with Crippen LogP contribution < -0.4 is 30.3 Å². The summed E-state index contributed by atoms with van der Waals surface area (Å²) in [6, 6.07) is 6.15. The summed E-state index contributed by atoms with van der Waals surface area (Å²) in [5.74, 6) is 0.755. The summed E-state index contributed by atoms with van der Waals surface area (Å²) in [5.41, 5.74) is 2.57. The maximum absolute atomic E-state index is 13.0. The van der Waals surface area contributed by atoms with Crippen LogP contribution in [0.5, 0.6) is 17.2 Å². The van der Waals surface area contributed by atoms with E-state index in [0.29, 0.717) is 47.8 Å². The normalized spacial score (nSPS) is 14.3. The zero-order valence-corrected chi connectivity index (χ0v) is 19.0. The fourth-order valence-electron chi connectivity index (χ4n) is 4.15. The largest absolute Gasteiger partial charge is 0.493 e. The van der Waals surface area contributed by atoms with Gasteiger partial charge in [-0.1, -0.05) is 6.07 Å². The molecule has 0 heterocycles. The van der Waals surface area contributed by atoms with Crippen LogP contribution in [0.15, 0.2) is 29.1 Å². The average molecular weight is 440 g/mol. The highest BCUT2D eigenvalue weighted by atomic mass is 16.5. The molecule has 0 aromatic heterocycles. The molecule has 0 aliphatic heterocycles. The Hall–Kier alpha value is -3.55. The molecule has 0 spiro atoms. The molecule has 1 atom stereocenters. The molecule has 8 heteroatoms. The molecule has 0 unspecified atom stereocenters. The van der Waals surface area contributed by atoms with E-state index in [-0.39, 0.29) is 11.5 Å². The lowest BCUT2D eigenvalue weighted by Gasteiger charge is -2.19. The van der Waals surface area contributed by atoms with Crippen LogP contribution in [0.2, 0.25) is 0 Å². The van der Waals surface area contributed by atoms with Crippen molar-refractivity contribution in [3.05, 3.63) is 51.2 Å². The van der Waals surface area contributed by atoms with Crippen molar-refractivity contribution in [3.8, 4) is 28.4 Å². The Morgan fingerprint density at radius 2 is 1.78 bits per heavy atom. The van der Waals surface area contributed by atoms with E-state index in [0.717, 1.165) is 11.1 Å². The molecule has 2 aromatic rings. The van der Waals surface area contributed by atoms with Gasteiger partial charge in [-0.3, -0.25) is 14.4 Å². The zero-order chi connectivity index (χ0) is 23.4. The second kappa shape index (κ2) is 9.72. The number of ether oxygens (including phenoxy) is 3. The number of hydrogen-bond donors (Lipinski definition) is 2. The molecular formula is C24H28N2O6. The lowest BCUT2D eigenvalue weighted by atomic mass is 9.95. The molecule has 0 bridgehead atoms. The number of carbonyl (C=O) groups is 2. The number of benzene rings is 1. The molecule has 0 fully saturated rings. The predicted octanol–water partition coefficient (Wildman–Crippen LogP) is 2.61. The van der Waals surface area contributed by atoms with E-state index in [1.807, 2.05) is 6.07 Å². The minimum atomic E-state index is -0.446. The van der Waals surface area contributed by atoms with Gasteiger partial charge in [0.1, 0.15) is 0 Å². The van der Waals surface area contributed by atoms with Gasteiger partial charge in [0, 0.05) is 19.0 Å². The van der Waals surface area contributed by atoms with Crippen molar-refractivity contribution < 1.29 is 23.8 Å². The van der Waals surface area contributed by atoms with E-state index >= 15 is 0 Å². The van der Waals surface area contributed by atoms with Crippen LogP contribution in [0.25, 0.3) is 11.1 Å². The molecule has 1 aliphatic rings. The number of nitrogens with one attached hydrogen (secondary N) is 2. The third kappa shape index (κ3) is 4.26. The summed E-state index contributed by atoms with van der Waals surface area (Å²) in [4.78, 5) is 37.4. The lowest BCUT2D eigenvalue weighted by Crippen LogP contribution is -2.28. The Labute approximate surface area is 186 Å². The van der Waals surface area contributed by atoms with Gasteiger partial charge in [0.05, 0.1) is 32.9 Å². The zero-order valence-electron chi connectivity index (χ0n) is 19.0. The average Bonchev–Trinajstić information content (AvgIpc) is 3.01. The highest BCUT2D eigenvalue weighted by Gasteiger charge is 2.29.